The van der Waals surface area contributed by atoms with Crippen LogP contribution < -0.4 is 4.57 Å². The van der Waals surface area contributed by atoms with E-state index in [2.05, 4.69) is 42.7 Å². The third-order valence-electron chi connectivity index (χ3n) is 4.19. The van der Waals surface area contributed by atoms with E-state index in [0.717, 1.165) is 6.54 Å². The first-order valence-electron chi connectivity index (χ1n) is 6.61. The summed E-state index contributed by atoms with van der Waals surface area (Å²) in [6.45, 7) is 0.889. The van der Waals surface area contributed by atoms with Gasteiger partial charge in [-0.1, -0.05) is 0 Å². The molecule has 0 spiro atoms. The van der Waals surface area contributed by atoms with Crippen molar-refractivity contribution in [2.75, 3.05) is 0 Å². The van der Waals surface area contributed by atoms with Crippen LogP contribution in [-0.2, 0) is 13.6 Å². The highest BCUT2D eigenvalue weighted by Gasteiger charge is 2.32. The molecule has 4 aromatic rings. The van der Waals surface area contributed by atoms with Gasteiger partial charge in [0, 0.05) is 30.2 Å². The van der Waals surface area contributed by atoms with Gasteiger partial charge < -0.3 is 0 Å². The lowest BCUT2D eigenvalue weighted by Gasteiger charge is -1.97. The van der Waals surface area contributed by atoms with Crippen molar-refractivity contribution in [3.8, 4) is 11.4 Å². The molecule has 0 saturated carbocycles. The van der Waals surface area contributed by atoms with E-state index in [-0.39, 0.29) is 0 Å². The van der Waals surface area contributed by atoms with Crippen LogP contribution in [0.25, 0.3) is 28.1 Å². The molecule has 5 heteroatoms. The molecule has 0 aromatic carbocycles. The van der Waals surface area contributed by atoms with Crippen LogP contribution in [0.5, 0.6) is 0 Å². The summed E-state index contributed by atoms with van der Waals surface area (Å²) in [4.78, 5) is 8.47. The quantitative estimate of drug-likeness (QED) is 0.397. The molecule has 0 N–H and O–H groups in total. The van der Waals surface area contributed by atoms with Crippen molar-refractivity contribution in [2.24, 2.45) is 7.05 Å². The Morgan fingerprint density at radius 1 is 1.20 bits per heavy atom. The van der Waals surface area contributed by atoms with Crippen LogP contribution in [0.3, 0.4) is 0 Å². The van der Waals surface area contributed by atoms with E-state index < -0.39 is 0 Å². The van der Waals surface area contributed by atoms with E-state index in [0.29, 0.717) is 0 Å². The summed E-state index contributed by atoms with van der Waals surface area (Å²) in [6, 6.07) is 6.36. The first-order valence-corrected chi connectivity index (χ1v) is 6.61. The van der Waals surface area contributed by atoms with Gasteiger partial charge in [0.05, 0.1) is 19.2 Å². The second kappa shape index (κ2) is 3.25. The Balaban J connectivity index is 1.98. The van der Waals surface area contributed by atoms with Gasteiger partial charge in [0.15, 0.2) is 11.8 Å². The van der Waals surface area contributed by atoms with Crippen molar-refractivity contribution >= 4 is 16.7 Å². The molecule has 5 rings (SSSR count). The van der Waals surface area contributed by atoms with E-state index in [1.165, 1.54) is 33.6 Å². The Morgan fingerprint density at radius 3 is 3.05 bits per heavy atom. The lowest BCUT2D eigenvalue weighted by molar-refractivity contribution is -0.636. The fourth-order valence-electron chi connectivity index (χ4n) is 3.35. The van der Waals surface area contributed by atoms with Gasteiger partial charge in [-0.2, -0.15) is 0 Å². The van der Waals surface area contributed by atoms with E-state index >= 15 is 0 Å². The highest BCUT2D eigenvalue weighted by Crippen LogP contribution is 2.33. The Morgan fingerprint density at radius 2 is 2.10 bits per heavy atom. The molecule has 4 aromatic heterocycles. The molecule has 1 aliphatic heterocycles. The maximum absolute atomic E-state index is 4.23. The number of imidazole rings is 1. The smallest absolute Gasteiger partial charge is 0.264 e. The van der Waals surface area contributed by atoms with Crippen LogP contribution in [-0.4, -0.2) is 18.9 Å². The minimum absolute atomic E-state index is 0.889. The van der Waals surface area contributed by atoms with Gasteiger partial charge in [-0.25, -0.2) is 18.5 Å². The zero-order valence-corrected chi connectivity index (χ0v) is 11.0. The minimum atomic E-state index is 0.889. The summed E-state index contributed by atoms with van der Waals surface area (Å²) in [5.41, 5.74) is 6.16. The Bertz CT molecular complexity index is 992. The van der Waals surface area contributed by atoms with E-state index in [9.17, 15) is 0 Å². The van der Waals surface area contributed by atoms with Crippen LogP contribution in [0.15, 0.2) is 43.1 Å². The predicted molar refractivity (Wildman–Crippen MR) is 74.2 cm³/mol. The maximum atomic E-state index is 4.23. The van der Waals surface area contributed by atoms with E-state index in [1.807, 2.05) is 31.0 Å². The number of pyridine rings is 1. The molecule has 0 amide bonds. The van der Waals surface area contributed by atoms with Crippen LogP contribution in [0.4, 0.5) is 0 Å². The molecule has 0 fully saturated rings. The van der Waals surface area contributed by atoms with Crippen molar-refractivity contribution < 1.29 is 4.57 Å². The molecule has 1 aliphatic rings. The van der Waals surface area contributed by atoms with Crippen molar-refractivity contribution in [1.82, 2.24) is 18.9 Å². The Kier molecular flexibility index (Phi) is 1.65. The molecule has 0 bridgehead atoms. The summed E-state index contributed by atoms with van der Waals surface area (Å²) in [7, 11) is 2.11. The van der Waals surface area contributed by atoms with Gasteiger partial charge in [0.25, 0.3) is 5.65 Å². The number of hydrogen-bond acceptors (Lipinski definition) is 2. The monoisotopic (exact) mass is 262 g/mol. The average Bonchev–Trinajstić information content (AvgIpc) is 3.10. The highest BCUT2D eigenvalue weighted by atomic mass is 15.2. The Labute approximate surface area is 114 Å². The first kappa shape index (κ1) is 10.1. The van der Waals surface area contributed by atoms with E-state index in [4.69, 9.17) is 0 Å². The summed E-state index contributed by atoms with van der Waals surface area (Å²) >= 11 is 0. The molecule has 0 atom stereocenters. The average molecular weight is 262 g/mol. The van der Waals surface area contributed by atoms with E-state index in [1.54, 1.807) is 0 Å². The molecular weight excluding hydrogens is 250 g/mol. The number of rotatable bonds is 0. The lowest BCUT2D eigenvalue weighted by atomic mass is 10.2. The fourth-order valence-corrected chi connectivity index (χ4v) is 3.35. The predicted octanol–water partition coefficient (Wildman–Crippen LogP) is 1.54. The summed E-state index contributed by atoms with van der Waals surface area (Å²) < 4.78 is 6.74. The van der Waals surface area contributed by atoms with Crippen molar-refractivity contribution in [3.05, 3.63) is 48.7 Å². The summed E-state index contributed by atoms with van der Waals surface area (Å²) in [5.74, 6) is 1.24. The van der Waals surface area contributed by atoms with Crippen LogP contribution in [0.2, 0.25) is 0 Å². The van der Waals surface area contributed by atoms with Crippen molar-refractivity contribution in [3.63, 3.8) is 0 Å². The maximum Gasteiger partial charge on any atom is 0.274 e. The zero-order valence-electron chi connectivity index (χ0n) is 11.0. The van der Waals surface area contributed by atoms with Crippen molar-refractivity contribution in [1.29, 1.82) is 0 Å². The molecule has 0 radical (unpaired) electrons. The molecule has 5 heterocycles. The van der Waals surface area contributed by atoms with Crippen molar-refractivity contribution in [2.45, 2.75) is 6.54 Å². The summed E-state index contributed by atoms with van der Waals surface area (Å²) in [5, 5.41) is 0. The second-order valence-electron chi connectivity index (χ2n) is 5.23. The minimum Gasteiger partial charge on any atom is -0.264 e. The molecular formula is C15H12N5+. The standard InChI is InChI=1S/C15H12N5/c1-18-14-12-3-5-16-7-10(12)8-19(14)13-6-11-2-4-17-9-20(11)15(13)18/h2-7,9H,8H2,1H3/q+1. The lowest BCUT2D eigenvalue weighted by Crippen LogP contribution is -2.30. The van der Waals surface area contributed by atoms with Crippen LogP contribution >= 0.6 is 0 Å². The van der Waals surface area contributed by atoms with Gasteiger partial charge in [-0.3, -0.25) is 4.98 Å². The Hall–Kier alpha value is -2.69. The third-order valence-corrected chi connectivity index (χ3v) is 4.19. The number of nitrogens with zero attached hydrogens (tertiary/aromatic N) is 5. The number of fused-ring (bicyclic) bond motifs is 7. The number of hydrogen-bond donors (Lipinski definition) is 0. The highest BCUT2D eigenvalue weighted by molar-refractivity contribution is 5.83. The number of aryl methyl sites for hydroxylation is 1. The summed E-state index contributed by atoms with van der Waals surface area (Å²) in [6.07, 6.45) is 7.53. The topological polar surface area (TPSA) is 39.0 Å². The molecule has 0 saturated heterocycles. The fraction of sp³-hybridized carbons (Fsp3) is 0.133. The SMILES string of the molecule is C[n+]1c2n(c3cc4ccncn4c31)Cc1cnccc1-2. The van der Waals surface area contributed by atoms with Gasteiger partial charge in [0.1, 0.15) is 5.52 Å². The van der Waals surface area contributed by atoms with Gasteiger partial charge in [0.2, 0.25) is 5.82 Å². The molecule has 0 unspecified atom stereocenters. The van der Waals surface area contributed by atoms with Crippen LogP contribution in [0.1, 0.15) is 5.56 Å². The normalized spacial score (nSPS) is 13.1. The molecule has 96 valence electrons. The second-order valence-corrected chi connectivity index (χ2v) is 5.23. The zero-order chi connectivity index (χ0) is 13.3. The number of aromatic nitrogens is 5. The molecule has 5 nitrogen and oxygen atoms in total. The largest absolute Gasteiger partial charge is 0.274 e. The molecule has 20 heavy (non-hydrogen) atoms. The third kappa shape index (κ3) is 1.02. The van der Waals surface area contributed by atoms with Crippen LogP contribution in [0, 0.1) is 0 Å². The first-order chi connectivity index (χ1) is 9.84. The van der Waals surface area contributed by atoms with Gasteiger partial charge >= 0.3 is 0 Å². The van der Waals surface area contributed by atoms with Gasteiger partial charge in [-0.15, -0.1) is 0 Å². The molecule has 0 aliphatic carbocycles. The van der Waals surface area contributed by atoms with Gasteiger partial charge in [-0.05, 0) is 12.1 Å².